The van der Waals surface area contributed by atoms with Crippen LogP contribution in [0.1, 0.15) is 62.3 Å². The topological polar surface area (TPSA) is 71.1 Å². The largest absolute Gasteiger partial charge is 0.537 e. The van der Waals surface area contributed by atoms with Crippen LogP contribution in [0.15, 0.2) is 87.5 Å². The van der Waals surface area contributed by atoms with Gasteiger partial charge in [0, 0.05) is 14.7 Å². The third kappa shape index (κ3) is 8.58. The lowest BCUT2D eigenvalue weighted by Gasteiger charge is -2.39. The van der Waals surface area contributed by atoms with Gasteiger partial charge in [-0.05, 0) is 144 Å². The van der Waals surface area contributed by atoms with E-state index >= 15 is 0 Å². The second-order valence-electron chi connectivity index (χ2n) is 12.6. The SMILES string of the molecule is CC(C)(C)Oc1ccc(S(c2ccc(OC(C)(C)C)cc2)(c2ccc(OC(C)(C)C)cc2)S(=O)(=O)OC(F)(F)F)cc1. The molecule has 0 radical (unpaired) electrons. The average molecular weight is 629 g/mol. The molecule has 0 aliphatic rings. The first-order chi connectivity index (χ1) is 19.0. The lowest BCUT2D eigenvalue weighted by atomic mass is 10.2. The van der Waals surface area contributed by atoms with Crippen LogP contribution in [0.4, 0.5) is 13.2 Å². The van der Waals surface area contributed by atoms with E-state index in [0.29, 0.717) is 17.2 Å². The molecule has 3 aromatic rings. The fourth-order valence-corrected chi connectivity index (χ4v) is 11.2. The summed E-state index contributed by atoms with van der Waals surface area (Å²) in [5, 5.41) is 0. The number of benzene rings is 3. The molecule has 0 bridgehead atoms. The Labute approximate surface area is 248 Å². The average Bonchev–Trinajstić information content (AvgIpc) is 2.78. The van der Waals surface area contributed by atoms with Crippen molar-refractivity contribution >= 4 is 18.2 Å². The number of ether oxygens (including phenoxy) is 3. The second-order valence-corrected chi connectivity index (χ2v) is 18.8. The molecule has 0 unspecified atom stereocenters. The first-order valence-electron chi connectivity index (χ1n) is 13.2. The molecule has 0 N–H and O–H groups in total. The number of halogens is 3. The highest BCUT2D eigenvalue weighted by atomic mass is 33.2. The molecule has 0 aromatic heterocycles. The van der Waals surface area contributed by atoms with Gasteiger partial charge in [0.05, 0.1) is 0 Å². The van der Waals surface area contributed by atoms with Crippen molar-refractivity contribution in [3.05, 3.63) is 72.8 Å². The smallest absolute Gasteiger partial charge is 0.488 e. The van der Waals surface area contributed by atoms with E-state index in [0.717, 1.165) is 0 Å². The van der Waals surface area contributed by atoms with E-state index in [1.54, 1.807) is 36.4 Å². The van der Waals surface area contributed by atoms with Gasteiger partial charge in [0.2, 0.25) is 0 Å². The monoisotopic (exact) mass is 628 g/mol. The van der Waals surface area contributed by atoms with Crippen molar-refractivity contribution in [2.24, 2.45) is 0 Å². The molecule has 0 heterocycles. The van der Waals surface area contributed by atoms with Crippen LogP contribution in [0.5, 0.6) is 17.2 Å². The van der Waals surface area contributed by atoms with Crippen molar-refractivity contribution in [2.75, 3.05) is 0 Å². The predicted octanol–water partition coefficient (Wildman–Crippen LogP) is 9.28. The molecule has 0 aliphatic carbocycles. The Bertz CT molecular complexity index is 1300. The van der Waals surface area contributed by atoms with Gasteiger partial charge in [0.1, 0.15) is 34.1 Å². The molecule has 0 atom stereocenters. The molecule has 0 spiro atoms. The summed E-state index contributed by atoms with van der Waals surface area (Å²) in [4.78, 5) is 0.297. The van der Waals surface area contributed by atoms with Crippen LogP contribution in [0.25, 0.3) is 0 Å². The van der Waals surface area contributed by atoms with Gasteiger partial charge in [-0.15, -0.1) is 13.2 Å². The Kier molecular flexibility index (Phi) is 9.33. The maximum absolute atomic E-state index is 14.0. The molecule has 0 aliphatic heterocycles. The number of hydrogen-bond acceptors (Lipinski definition) is 6. The van der Waals surface area contributed by atoms with Crippen molar-refractivity contribution in [1.82, 2.24) is 0 Å². The summed E-state index contributed by atoms with van der Waals surface area (Å²) in [6.45, 7) is 16.6. The summed E-state index contributed by atoms with van der Waals surface area (Å²) in [7, 11) is -9.17. The van der Waals surface area contributed by atoms with Crippen LogP contribution in [0.2, 0.25) is 0 Å². The van der Waals surface area contributed by atoms with Gasteiger partial charge < -0.3 is 14.2 Å². The first kappa shape index (κ1) is 33.6. The zero-order chi connectivity index (χ0) is 31.8. The maximum atomic E-state index is 14.0. The van der Waals surface area contributed by atoms with E-state index in [1.165, 1.54) is 36.4 Å². The van der Waals surface area contributed by atoms with E-state index in [1.807, 2.05) is 62.3 Å². The molecule has 11 heteroatoms. The third-order valence-electron chi connectivity index (χ3n) is 5.24. The van der Waals surface area contributed by atoms with Crippen LogP contribution in [-0.2, 0) is 13.3 Å². The number of hydrogen-bond donors (Lipinski definition) is 0. The van der Waals surface area contributed by atoms with Gasteiger partial charge in [0.15, 0.2) is 0 Å². The van der Waals surface area contributed by atoms with E-state index in [-0.39, 0.29) is 14.7 Å². The van der Waals surface area contributed by atoms with Gasteiger partial charge in [0.25, 0.3) is 0 Å². The lowest BCUT2D eigenvalue weighted by Crippen LogP contribution is -2.26. The Morgan fingerprint density at radius 3 is 0.905 bits per heavy atom. The van der Waals surface area contributed by atoms with E-state index in [2.05, 4.69) is 4.18 Å². The number of rotatable bonds is 8. The van der Waals surface area contributed by atoms with Gasteiger partial charge in [-0.25, -0.2) is 0 Å². The zero-order valence-corrected chi connectivity index (χ0v) is 27.0. The Balaban J connectivity index is 2.36. The zero-order valence-electron chi connectivity index (χ0n) is 25.3. The van der Waals surface area contributed by atoms with Crippen LogP contribution >= 0.6 is 9.06 Å². The minimum absolute atomic E-state index is 0.0991. The molecule has 6 nitrogen and oxygen atoms in total. The van der Waals surface area contributed by atoms with Crippen LogP contribution in [0.3, 0.4) is 0 Å². The predicted molar refractivity (Wildman–Crippen MR) is 159 cm³/mol. The van der Waals surface area contributed by atoms with Gasteiger partial charge in [-0.3, -0.25) is 0 Å². The molecule has 0 fully saturated rings. The summed E-state index contributed by atoms with van der Waals surface area (Å²) in [6.07, 6.45) is -5.46. The highest BCUT2D eigenvalue weighted by Crippen LogP contribution is 2.73. The molecule has 0 amide bonds. The fourth-order valence-electron chi connectivity index (χ4n) is 4.09. The molecule has 3 rings (SSSR count). The van der Waals surface area contributed by atoms with Gasteiger partial charge in [-0.2, -0.15) is 12.6 Å². The highest BCUT2D eigenvalue weighted by molar-refractivity contribution is 8.89. The normalized spacial score (nSPS) is 13.9. The van der Waals surface area contributed by atoms with Crippen molar-refractivity contribution in [3.63, 3.8) is 0 Å². The van der Waals surface area contributed by atoms with Gasteiger partial charge >= 0.3 is 15.5 Å². The van der Waals surface area contributed by atoms with E-state index in [9.17, 15) is 21.6 Å². The Morgan fingerprint density at radius 2 is 0.714 bits per heavy atom. The summed E-state index contributed by atoms with van der Waals surface area (Å²) < 4.78 is 90.9. The molecular weight excluding hydrogens is 589 g/mol. The van der Waals surface area contributed by atoms with Crippen LogP contribution in [0, 0.1) is 0 Å². The molecular formula is C31H39F3O6S2. The molecule has 0 saturated heterocycles. The van der Waals surface area contributed by atoms with Crippen LogP contribution < -0.4 is 14.2 Å². The third-order valence-corrected chi connectivity index (χ3v) is 12.8. The van der Waals surface area contributed by atoms with E-state index in [4.69, 9.17) is 14.2 Å². The lowest BCUT2D eigenvalue weighted by molar-refractivity contribution is -0.270. The fraction of sp³-hybridized carbons (Fsp3) is 0.419. The van der Waals surface area contributed by atoms with Crippen molar-refractivity contribution in [1.29, 1.82) is 0 Å². The maximum Gasteiger partial charge on any atom is 0.537 e. The van der Waals surface area contributed by atoms with Crippen molar-refractivity contribution in [3.8, 4) is 17.2 Å². The second kappa shape index (κ2) is 11.7. The summed E-state index contributed by atoms with van der Waals surface area (Å²) in [6, 6.07) is 18.0. The van der Waals surface area contributed by atoms with E-state index < -0.39 is 41.4 Å². The van der Waals surface area contributed by atoms with Crippen LogP contribution in [-0.4, -0.2) is 31.6 Å². The van der Waals surface area contributed by atoms with Crippen molar-refractivity contribution < 1.29 is 40.0 Å². The van der Waals surface area contributed by atoms with Gasteiger partial charge in [-0.1, -0.05) is 0 Å². The molecule has 3 aromatic carbocycles. The minimum atomic E-state index is -5.46. The Hall–Kier alpha value is -2.89. The van der Waals surface area contributed by atoms with Crippen molar-refractivity contribution in [2.45, 2.75) is 100 Å². The molecule has 42 heavy (non-hydrogen) atoms. The standard InChI is InChI=1S/C31H39F3O6S2/c1-28(2,3)37-22-10-16-25(17-11-22)41(42(35,36)40-31(32,33)34,26-18-12-23(13-19-26)38-29(4,5)6)27-20-14-24(15-21-27)39-30(7,8)9/h10-21H,1-9H3. The first-order valence-corrected chi connectivity index (χ1v) is 16.8. The summed E-state index contributed by atoms with van der Waals surface area (Å²) >= 11 is 0. The summed E-state index contributed by atoms with van der Waals surface area (Å²) in [5.41, 5.74) is -1.66. The highest BCUT2D eigenvalue weighted by Gasteiger charge is 2.51. The molecule has 232 valence electrons. The Morgan fingerprint density at radius 1 is 0.476 bits per heavy atom. The minimum Gasteiger partial charge on any atom is -0.488 e. The quantitative estimate of drug-likeness (QED) is 0.232. The number of alkyl halides is 3. The molecule has 0 saturated carbocycles. The summed E-state index contributed by atoms with van der Waals surface area (Å²) in [5.74, 6) is 1.28.